The zero-order valence-electron chi connectivity index (χ0n) is 27.3. The number of hydrogen-bond acceptors (Lipinski definition) is 8. The van der Waals surface area contributed by atoms with Crippen molar-refractivity contribution in [3.63, 3.8) is 0 Å². The van der Waals surface area contributed by atoms with E-state index in [1.165, 1.54) is 24.3 Å². The number of carboxylic acid groups (broad SMARTS) is 1. The monoisotopic (exact) mass is 681 g/mol. The maximum atomic E-state index is 14.1. The lowest BCUT2D eigenvalue weighted by Gasteiger charge is -2.48. The summed E-state index contributed by atoms with van der Waals surface area (Å²) in [6, 6.07) is 8.97. The molecule has 0 unspecified atom stereocenters. The molecule has 11 heteroatoms. The van der Waals surface area contributed by atoms with Gasteiger partial charge in [0.2, 0.25) is 0 Å². The Morgan fingerprint density at radius 2 is 1.55 bits per heavy atom. The van der Waals surface area contributed by atoms with Gasteiger partial charge in [-0.3, -0.25) is 14.4 Å². The van der Waals surface area contributed by atoms with Crippen molar-refractivity contribution in [2.75, 3.05) is 13.2 Å². The van der Waals surface area contributed by atoms with E-state index in [-0.39, 0.29) is 60.4 Å². The van der Waals surface area contributed by atoms with Crippen molar-refractivity contribution < 1.29 is 36.8 Å². The van der Waals surface area contributed by atoms with E-state index >= 15 is 0 Å². The van der Waals surface area contributed by atoms with Gasteiger partial charge in [0, 0.05) is 51.9 Å². The summed E-state index contributed by atoms with van der Waals surface area (Å²) in [7, 11) is -4.31. The Morgan fingerprint density at radius 3 is 2.04 bits per heavy atom. The highest BCUT2D eigenvalue weighted by Gasteiger charge is 2.49. The average Bonchev–Trinajstić information content (AvgIpc) is 2.94. The maximum Gasteiger partial charge on any atom is 0.339 e. The number of benzene rings is 2. The smallest absolute Gasteiger partial charge is 0.339 e. The summed E-state index contributed by atoms with van der Waals surface area (Å²) in [4.78, 5) is 42.0. The zero-order chi connectivity index (χ0) is 34.5. The van der Waals surface area contributed by atoms with Crippen molar-refractivity contribution in [1.82, 2.24) is 4.90 Å². The number of carbonyl (C=O) groups is 3. The minimum atomic E-state index is -4.31. The fourth-order valence-electron chi connectivity index (χ4n) is 6.98. The molecule has 1 N–H and O–H groups in total. The van der Waals surface area contributed by atoms with Gasteiger partial charge in [-0.15, -0.1) is 6.58 Å². The Bertz CT molecular complexity index is 1780. The van der Waals surface area contributed by atoms with E-state index in [2.05, 4.69) is 6.58 Å². The van der Waals surface area contributed by atoms with Crippen molar-refractivity contribution in [3.8, 4) is 11.5 Å². The molecule has 0 atom stereocenters. The molecule has 0 saturated heterocycles. The third-order valence-electron chi connectivity index (χ3n) is 8.76. The number of ketones is 2. The van der Waals surface area contributed by atoms with Crippen LogP contribution in [0.1, 0.15) is 77.3 Å². The van der Waals surface area contributed by atoms with Crippen LogP contribution >= 0.6 is 11.6 Å². The van der Waals surface area contributed by atoms with Crippen molar-refractivity contribution in [3.05, 3.63) is 87.7 Å². The van der Waals surface area contributed by atoms with Crippen LogP contribution in [-0.2, 0) is 30.9 Å². The number of nitrogens with zero attached hydrogens (tertiary/aromatic N) is 1. The predicted molar refractivity (Wildman–Crippen MR) is 178 cm³/mol. The number of halogens is 1. The Labute approximate surface area is 281 Å². The van der Waals surface area contributed by atoms with Crippen LogP contribution in [-0.4, -0.2) is 49.1 Å². The molecule has 1 heterocycles. The SMILES string of the molecule is C=CCc1cc(C2C3=C(CC(C)(C)CC3=O)N(CC(=O)O)C3=C2C(=O)CC(C)(C)C3)cc(OCC)c1OS(=O)(=O)c1ccc(Cl)cc1. The molecule has 0 radical (unpaired) electrons. The average molecular weight is 682 g/mol. The molecular formula is C36H40ClNO8S. The molecule has 0 bridgehead atoms. The third kappa shape index (κ3) is 6.90. The van der Waals surface area contributed by atoms with Gasteiger partial charge in [0.1, 0.15) is 11.4 Å². The van der Waals surface area contributed by atoms with E-state index in [1.54, 1.807) is 30.0 Å². The van der Waals surface area contributed by atoms with Crippen LogP contribution in [0.25, 0.3) is 0 Å². The minimum absolute atomic E-state index is 0.0237. The van der Waals surface area contributed by atoms with Crippen LogP contribution < -0.4 is 8.92 Å². The number of hydrogen-bond donors (Lipinski definition) is 1. The van der Waals surface area contributed by atoms with E-state index in [1.807, 2.05) is 27.7 Å². The molecule has 0 amide bonds. The fourth-order valence-corrected chi connectivity index (χ4v) is 8.08. The molecule has 2 aromatic carbocycles. The highest BCUT2D eigenvalue weighted by atomic mass is 35.5. The second-order valence-electron chi connectivity index (χ2n) is 13.9. The minimum Gasteiger partial charge on any atom is -0.490 e. The molecule has 47 heavy (non-hydrogen) atoms. The molecule has 0 spiro atoms. The largest absolute Gasteiger partial charge is 0.490 e. The van der Waals surface area contributed by atoms with Crippen LogP contribution in [0, 0.1) is 10.8 Å². The molecule has 1 aliphatic heterocycles. The first kappa shape index (κ1) is 34.4. The van der Waals surface area contributed by atoms with Gasteiger partial charge in [-0.05, 0) is 72.9 Å². The number of aliphatic carboxylic acids is 1. The van der Waals surface area contributed by atoms with Gasteiger partial charge in [0.15, 0.2) is 23.1 Å². The lowest BCUT2D eigenvalue weighted by molar-refractivity contribution is -0.138. The van der Waals surface area contributed by atoms with Crippen molar-refractivity contribution in [2.24, 2.45) is 10.8 Å². The topological polar surface area (TPSA) is 127 Å². The summed E-state index contributed by atoms with van der Waals surface area (Å²) in [6.45, 7) is 13.3. The Balaban J connectivity index is 1.77. The number of rotatable bonds is 10. The van der Waals surface area contributed by atoms with E-state index in [9.17, 15) is 27.9 Å². The van der Waals surface area contributed by atoms with Crippen LogP contribution in [0.4, 0.5) is 0 Å². The molecule has 9 nitrogen and oxygen atoms in total. The van der Waals surface area contributed by atoms with Gasteiger partial charge in [-0.25, -0.2) is 0 Å². The Hall–Kier alpha value is -3.89. The maximum absolute atomic E-state index is 14.1. The molecule has 250 valence electrons. The number of carbonyl (C=O) groups excluding carboxylic acids is 2. The number of carboxylic acids is 1. The summed E-state index contributed by atoms with van der Waals surface area (Å²) in [5, 5.41) is 10.3. The lowest BCUT2D eigenvalue weighted by atomic mass is 9.63. The Kier molecular flexibility index (Phi) is 9.25. The molecule has 2 aliphatic carbocycles. The zero-order valence-corrected chi connectivity index (χ0v) is 28.9. The molecule has 0 saturated carbocycles. The lowest BCUT2D eigenvalue weighted by Crippen LogP contribution is -2.45. The van der Waals surface area contributed by atoms with E-state index < -0.39 is 32.8 Å². The quantitative estimate of drug-likeness (QED) is 0.208. The van der Waals surface area contributed by atoms with Gasteiger partial charge >= 0.3 is 16.1 Å². The van der Waals surface area contributed by atoms with Gasteiger partial charge < -0.3 is 18.9 Å². The molecule has 0 aromatic heterocycles. The highest BCUT2D eigenvalue weighted by Crippen LogP contribution is 2.55. The van der Waals surface area contributed by atoms with Gasteiger partial charge in [-0.2, -0.15) is 8.42 Å². The highest BCUT2D eigenvalue weighted by molar-refractivity contribution is 7.87. The molecule has 5 rings (SSSR count). The summed E-state index contributed by atoms with van der Waals surface area (Å²) in [6.07, 6.45) is 3.14. The van der Waals surface area contributed by atoms with E-state index in [4.69, 9.17) is 20.5 Å². The summed E-state index contributed by atoms with van der Waals surface area (Å²) >= 11 is 5.97. The predicted octanol–water partition coefficient (Wildman–Crippen LogP) is 7.01. The summed E-state index contributed by atoms with van der Waals surface area (Å²) in [5.74, 6) is -2.08. The Morgan fingerprint density at radius 1 is 1.00 bits per heavy atom. The van der Waals surface area contributed by atoms with Crippen molar-refractivity contribution in [2.45, 2.75) is 77.5 Å². The number of Topliss-reactive ketones (excluding diaryl/α,β-unsaturated/α-hetero) is 2. The number of ether oxygens (including phenoxy) is 1. The molecule has 2 aromatic rings. The van der Waals surface area contributed by atoms with Crippen LogP contribution in [0.2, 0.25) is 5.02 Å². The van der Waals surface area contributed by atoms with E-state index in [0.717, 1.165) is 0 Å². The molecule has 3 aliphatic rings. The standard InChI is InChI=1S/C36H40ClNO8S/c1-7-9-21-14-22(15-29(45-8-2)34(21)46-47(43,44)24-12-10-23(37)11-13-24)31-32-25(16-35(3,4)18-27(32)39)38(20-30(41)42)26-17-36(5,6)19-28(40)33(26)31/h7,10-15,31H,1,8-9,16-20H2,2-6H3,(H,41,42). The summed E-state index contributed by atoms with van der Waals surface area (Å²) < 4.78 is 38.6. The normalized spacial score (nSPS) is 19.3. The summed E-state index contributed by atoms with van der Waals surface area (Å²) in [5.41, 5.74) is 2.14. The van der Waals surface area contributed by atoms with Crippen LogP contribution in [0.3, 0.4) is 0 Å². The molecule has 0 fully saturated rings. The van der Waals surface area contributed by atoms with Crippen molar-refractivity contribution >= 4 is 39.3 Å². The van der Waals surface area contributed by atoms with Gasteiger partial charge in [0.05, 0.1) is 6.61 Å². The second kappa shape index (κ2) is 12.6. The van der Waals surface area contributed by atoms with Crippen LogP contribution in [0.15, 0.2) is 76.5 Å². The first-order valence-electron chi connectivity index (χ1n) is 15.6. The van der Waals surface area contributed by atoms with Gasteiger partial charge in [0.25, 0.3) is 0 Å². The molecular weight excluding hydrogens is 642 g/mol. The number of allylic oxidation sites excluding steroid dienone is 5. The third-order valence-corrected chi connectivity index (χ3v) is 10.2. The first-order valence-corrected chi connectivity index (χ1v) is 17.4. The fraction of sp³-hybridized carbons (Fsp3) is 0.417. The van der Waals surface area contributed by atoms with Crippen LogP contribution in [0.5, 0.6) is 11.5 Å². The second-order valence-corrected chi connectivity index (χ2v) is 15.9. The van der Waals surface area contributed by atoms with Gasteiger partial charge in [-0.1, -0.05) is 51.4 Å². The van der Waals surface area contributed by atoms with Crippen molar-refractivity contribution in [1.29, 1.82) is 0 Å². The first-order chi connectivity index (χ1) is 22.0. The van der Waals surface area contributed by atoms with E-state index in [0.29, 0.717) is 51.5 Å².